The van der Waals surface area contributed by atoms with Crippen molar-refractivity contribution in [2.75, 3.05) is 0 Å². The van der Waals surface area contributed by atoms with E-state index in [9.17, 15) is 4.79 Å². The Balaban J connectivity index is 2.74. The summed E-state index contributed by atoms with van der Waals surface area (Å²) in [6, 6.07) is 5.59. The fourth-order valence-electron chi connectivity index (χ4n) is 1.66. The topological polar surface area (TPSA) is 47.6 Å². The molecule has 0 aromatic heterocycles. The summed E-state index contributed by atoms with van der Waals surface area (Å²) in [6.07, 6.45) is -0.458. The molecule has 0 saturated heterocycles. The molecule has 24 heavy (non-hydrogen) atoms. The van der Waals surface area contributed by atoms with Gasteiger partial charge in [-0.25, -0.2) is 4.79 Å². The van der Waals surface area contributed by atoms with Crippen molar-refractivity contribution in [3.8, 4) is 5.75 Å². The van der Waals surface area contributed by atoms with Crippen LogP contribution in [-0.4, -0.2) is 20.0 Å². The van der Waals surface area contributed by atoms with E-state index in [1.165, 1.54) is 0 Å². The maximum Gasteiger partial charge on any atom is 0.407 e. The smallest absolute Gasteiger partial charge is 0.407 e. The average molecular weight is 372 g/mol. The number of halogens is 1. The first-order valence-corrected chi connectivity index (χ1v) is 11.4. The van der Waals surface area contributed by atoms with Crippen LogP contribution in [0.4, 0.5) is 4.79 Å². The molecule has 1 N–H and O–H groups in total. The molecule has 0 aliphatic heterocycles. The summed E-state index contributed by atoms with van der Waals surface area (Å²) < 4.78 is 11.5. The lowest BCUT2D eigenvalue weighted by Crippen LogP contribution is -2.43. The minimum Gasteiger partial charge on any atom is -0.543 e. The van der Waals surface area contributed by atoms with Gasteiger partial charge in [-0.3, -0.25) is 0 Å². The van der Waals surface area contributed by atoms with E-state index in [1.54, 1.807) is 0 Å². The van der Waals surface area contributed by atoms with E-state index in [1.807, 2.05) is 39.0 Å². The first-order chi connectivity index (χ1) is 10.7. The summed E-state index contributed by atoms with van der Waals surface area (Å²) in [4.78, 5) is 11.7. The summed E-state index contributed by atoms with van der Waals surface area (Å²) in [5.41, 5.74) is 0.305. The molecule has 0 unspecified atom stereocenters. The van der Waals surface area contributed by atoms with Crippen molar-refractivity contribution in [1.82, 2.24) is 5.32 Å². The molecule has 1 aromatic carbocycles. The molecule has 0 radical (unpaired) electrons. The summed E-state index contributed by atoms with van der Waals surface area (Å²) in [7, 11) is -1.90. The Labute approximate surface area is 152 Å². The maximum atomic E-state index is 11.7. The number of nitrogens with one attached hydrogen (secondary N) is 1. The molecule has 4 nitrogen and oxygen atoms in total. The highest BCUT2D eigenvalue weighted by Crippen LogP contribution is 2.38. The Kier molecular flexibility index (Phi) is 6.39. The van der Waals surface area contributed by atoms with Crippen LogP contribution in [0.5, 0.6) is 5.75 Å². The normalized spacial score (nSPS) is 12.7. The third-order valence-electron chi connectivity index (χ3n) is 4.03. The van der Waals surface area contributed by atoms with E-state index in [-0.39, 0.29) is 5.04 Å². The zero-order chi connectivity index (χ0) is 18.8. The van der Waals surface area contributed by atoms with Gasteiger partial charge in [-0.2, -0.15) is 0 Å². The molecule has 1 rings (SSSR count). The molecule has 0 saturated carbocycles. The van der Waals surface area contributed by atoms with Crippen molar-refractivity contribution in [1.29, 1.82) is 0 Å². The first kappa shape index (κ1) is 20.8. The van der Waals surface area contributed by atoms with E-state index in [2.05, 4.69) is 39.2 Å². The number of alkyl carbamates (subject to hydrolysis) is 1. The van der Waals surface area contributed by atoms with Crippen LogP contribution in [0.1, 0.15) is 47.1 Å². The highest BCUT2D eigenvalue weighted by Gasteiger charge is 2.39. The summed E-state index contributed by atoms with van der Waals surface area (Å²) >= 11 is 6.33. The third-order valence-corrected chi connectivity index (χ3v) is 8.74. The molecule has 0 atom stereocenters. The highest BCUT2D eigenvalue weighted by atomic mass is 35.5. The van der Waals surface area contributed by atoms with Crippen LogP contribution < -0.4 is 9.74 Å². The van der Waals surface area contributed by atoms with Gasteiger partial charge >= 0.3 is 6.09 Å². The number of benzene rings is 1. The van der Waals surface area contributed by atoms with Crippen LogP contribution in [0, 0.1) is 0 Å². The number of carbonyl (C=O) groups is 1. The lowest BCUT2D eigenvalue weighted by atomic mass is 10.2. The minimum absolute atomic E-state index is 0.121. The van der Waals surface area contributed by atoms with Crippen molar-refractivity contribution in [2.24, 2.45) is 0 Å². The zero-order valence-electron chi connectivity index (χ0n) is 16.0. The predicted molar refractivity (Wildman–Crippen MR) is 102 cm³/mol. The van der Waals surface area contributed by atoms with E-state index in [0.717, 1.165) is 11.3 Å². The van der Waals surface area contributed by atoms with Crippen LogP contribution >= 0.6 is 11.6 Å². The molecule has 0 heterocycles. The standard InChI is InChI=1S/C18H30ClNO3Si/c1-17(2,3)22-16(21)20-12-13-9-10-14(11-15(13)19)23-24(7,8)18(4,5)6/h9-11H,12H2,1-8H3,(H,20,21). The molecule has 0 bridgehead atoms. The Hall–Kier alpha value is -1.20. The Bertz CT molecular complexity index is 589. The van der Waals surface area contributed by atoms with Gasteiger partial charge in [-0.1, -0.05) is 38.4 Å². The molecule has 0 aliphatic carbocycles. The van der Waals surface area contributed by atoms with Crippen molar-refractivity contribution in [3.05, 3.63) is 28.8 Å². The van der Waals surface area contributed by atoms with Gasteiger partial charge in [0.25, 0.3) is 0 Å². The Morgan fingerprint density at radius 1 is 1.17 bits per heavy atom. The number of hydrogen-bond acceptors (Lipinski definition) is 3. The largest absolute Gasteiger partial charge is 0.543 e. The first-order valence-electron chi connectivity index (χ1n) is 8.15. The van der Waals surface area contributed by atoms with Crippen molar-refractivity contribution >= 4 is 26.0 Å². The second-order valence-electron chi connectivity index (χ2n) is 8.47. The summed E-state index contributed by atoms with van der Waals surface area (Å²) in [5, 5.41) is 3.40. The van der Waals surface area contributed by atoms with Gasteiger partial charge in [0.1, 0.15) is 11.4 Å². The van der Waals surface area contributed by atoms with Gasteiger partial charge in [-0.05, 0) is 56.6 Å². The van der Waals surface area contributed by atoms with Crippen LogP contribution in [0.2, 0.25) is 23.2 Å². The van der Waals surface area contributed by atoms with Gasteiger partial charge in [0.15, 0.2) is 0 Å². The van der Waals surface area contributed by atoms with Crippen molar-refractivity contribution in [2.45, 2.75) is 71.8 Å². The van der Waals surface area contributed by atoms with E-state index in [4.69, 9.17) is 20.8 Å². The molecule has 136 valence electrons. The molecule has 1 aromatic rings. The van der Waals surface area contributed by atoms with Gasteiger partial charge < -0.3 is 14.5 Å². The van der Waals surface area contributed by atoms with Crippen molar-refractivity contribution < 1.29 is 14.0 Å². The van der Waals surface area contributed by atoms with E-state index >= 15 is 0 Å². The molecule has 1 amide bonds. The van der Waals surface area contributed by atoms with E-state index in [0.29, 0.717) is 11.6 Å². The minimum atomic E-state index is -1.90. The molecule has 6 heteroatoms. The quantitative estimate of drug-likeness (QED) is 0.685. The number of amides is 1. The van der Waals surface area contributed by atoms with Gasteiger partial charge in [0, 0.05) is 11.6 Å². The van der Waals surface area contributed by atoms with E-state index < -0.39 is 20.0 Å². The molecule has 0 aliphatic rings. The lowest BCUT2D eigenvalue weighted by molar-refractivity contribution is 0.0523. The number of rotatable bonds is 4. The Morgan fingerprint density at radius 2 is 1.75 bits per heavy atom. The number of ether oxygens (including phenoxy) is 1. The number of hydrogen-bond donors (Lipinski definition) is 1. The summed E-state index contributed by atoms with van der Waals surface area (Å²) in [5.74, 6) is 0.771. The third kappa shape index (κ3) is 6.36. The predicted octanol–water partition coefficient (Wildman–Crippen LogP) is 5.75. The number of carbonyl (C=O) groups excluding carboxylic acids is 1. The van der Waals surface area contributed by atoms with Crippen LogP contribution in [0.3, 0.4) is 0 Å². The van der Waals surface area contributed by atoms with Crippen LogP contribution in [0.15, 0.2) is 18.2 Å². The molecular formula is C18H30ClNO3Si. The second kappa shape index (κ2) is 7.36. The fourth-order valence-corrected chi connectivity index (χ4v) is 2.92. The Morgan fingerprint density at radius 3 is 2.21 bits per heavy atom. The summed E-state index contributed by atoms with van der Waals surface area (Å²) in [6.45, 7) is 16.8. The van der Waals surface area contributed by atoms with Gasteiger partial charge in [0.2, 0.25) is 8.32 Å². The van der Waals surface area contributed by atoms with Crippen LogP contribution in [-0.2, 0) is 11.3 Å². The second-order valence-corrected chi connectivity index (χ2v) is 13.6. The van der Waals surface area contributed by atoms with Crippen molar-refractivity contribution in [3.63, 3.8) is 0 Å². The average Bonchev–Trinajstić information content (AvgIpc) is 2.33. The van der Waals surface area contributed by atoms with Gasteiger partial charge in [-0.15, -0.1) is 0 Å². The van der Waals surface area contributed by atoms with Gasteiger partial charge in [0.05, 0.1) is 0 Å². The zero-order valence-corrected chi connectivity index (χ0v) is 17.8. The maximum absolute atomic E-state index is 11.7. The fraction of sp³-hybridized carbons (Fsp3) is 0.611. The molecular weight excluding hydrogens is 342 g/mol. The van der Waals surface area contributed by atoms with Crippen LogP contribution in [0.25, 0.3) is 0 Å². The molecule has 0 spiro atoms. The molecule has 0 fully saturated rings. The monoisotopic (exact) mass is 371 g/mol. The SMILES string of the molecule is CC(C)(C)OC(=O)NCc1ccc(O[Si](C)(C)C(C)(C)C)cc1Cl. The highest BCUT2D eigenvalue weighted by molar-refractivity contribution is 6.74. The lowest BCUT2D eigenvalue weighted by Gasteiger charge is -2.36.